The molecule has 1 unspecified atom stereocenters. The molecule has 0 bridgehead atoms. The smallest absolute Gasteiger partial charge is 0.309 e. The predicted octanol–water partition coefficient (Wildman–Crippen LogP) is 16.1. The van der Waals surface area contributed by atoms with Crippen LogP contribution >= 0.6 is 0 Å². The van der Waals surface area contributed by atoms with Crippen LogP contribution < -0.4 is 0 Å². The van der Waals surface area contributed by atoms with E-state index in [0.29, 0.717) is 6.42 Å². The van der Waals surface area contributed by atoms with Crippen molar-refractivity contribution in [3.05, 3.63) is 122 Å². The minimum Gasteiger partial charge on any atom is -0.462 e. The van der Waals surface area contributed by atoms with Gasteiger partial charge in [0.2, 0.25) is 0 Å². The SMILES string of the molecule is CC/C=C\C/C=C\C/C=C\C/C=C\C/C=C\C/C=C\CCC(=O)OCC(COC(=O)C/C=C\C/C=C\C/C=C\CC)OC(=O)CCCCCCC/C=C\CCCCCCCCC. The molecule has 0 heterocycles. The van der Waals surface area contributed by atoms with Crippen LogP contribution in [0, 0.1) is 0 Å². The molecule has 0 radical (unpaired) electrons. The van der Waals surface area contributed by atoms with E-state index in [-0.39, 0.29) is 44.4 Å². The van der Waals surface area contributed by atoms with Crippen LogP contribution in [0.5, 0.6) is 0 Å². The Labute approximate surface area is 380 Å². The maximum Gasteiger partial charge on any atom is 0.309 e. The number of carbonyl (C=O) groups excluding carboxylic acids is 3. The summed E-state index contributed by atoms with van der Waals surface area (Å²) in [6.45, 7) is 6.21. The number of carbonyl (C=O) groups is 3. The Kier molecular flexibility index (Phi) is 46.1. The van der Waals surface area contributed by atoms with Crippen molar-refractivity contribution in [3.8, 4) is 0 Å². The molecule has 348 valence electrons. The van der Waals surface area contributed by atoms with Crippen molar-refractivity contribution in [2.24, 2.45) is 0 Å². The van der Waals surface area contributed by atoms with Gasteiger partial charge in [0.05, 0.1) is 6.42 Å². The van der Waals surface area contributed by atoms with Gasteiger partial charge in [-0.3, -0.25) is 14.4 Å². The normalized spacial score (nSPS) is 13.1. The summed E-state index contributed by atoms with van der Waals surface area (Å²) in [5, 5.41) is 0. The number of esters is 3. The fourth-order valence-corrected chi connectivity index (χ4v) is 6.11. The Hall–Kier alpha value is -4.19. The fraction of sp³-hybridized carbons (Fsp3) is 0.589. The van der Waals surface area contributed by atoms with Gasteiger partial charge >= 0.3 is 17.9 Å². The monoisotopic (exact) mass is 857 g/mol. The first kappa shape index (κ1) is 57.8. The van der Waals surface area contributed by atoms with Gasteiger partial charge in [-0.05, 0) is 96.3 Å². The van der Waals surface area contributed by atoms with Gasteiger partial charge in [0.1, 0.15) is 13.2 Å². The molecule has 0 aromatic carbocycles. The third-order valence-corrected chi connectivity index (χ3v) is 9.73. The molecule has 0 N–H and O–H groups in total. The van der Waals surface area contributed by atoms with Crippen LogP contribution in [-0.4, -0.2) is 37.2 Å². The summed E-state index contributed by atoms with van der Waals surface area (Å²) in [6.07, 6.45) is 68.0. The summed E-state index contributed by atoms with van der Waals surface area (Å²) < 4.78 is 16.5. The first-order valence-corrected chi connectivity index (χ1v) is 24.5. The molecular weight excluding hydrogens is 769 g/mol. The van der Waals surface area contributed by atoms with Gasteiger partial charge < -0.3 is 14.2 Å². The lowest BCUT2D eigenvalue weighted by Crippen LogP contribution is -2.30. The molecule has 1 atom stereocenters. The minimum atomic E-state index is -0.850. The van der Waals surface area contributed by atoms with E-state index < -0.39 is 12.1 Å². The van der Waals surface area contributed by atoms with Gasteiger partial charge in [0.15, 0.2) is 6.10 Å². The van der Waals surface area contributed by atoms with Gasteiger partial charge in [-0.15, -0.1) is 0 Å². The molecule has 0 aromatic rings. The third kappa shape index (κ3) is 46.9. The molecular formula is C56H88O6. The summed E-state index contributed by atoms with van der Waals surface area (Å²) in [5.41, 5.74) is 0. The average Bonchev–Trinajstić information content (AvgIpc) is 3.27. The highest BCUT2D eigenvalue weighted by atomic mass is 16.6. The van der Waals surface area contributed by atoms with Gasteiger partial charge in [0, 0.05) is 12.8 Å². The summed E-state index contributed by atoms with van der Waals surface area (Å²) >= 11 is 0. The van der Waals surface area contributed by atoms with E-state index in [9.17, 15) is 14.4 Å². The van der Waals surface area contributed by atoms with Crippen molar-refractivity contribution in [1.82, 2.24) is 0 Å². The van der Waals surface area contributed by atoms with E-state index >= 15 is 0 Å². The molecule has 0 saturated heterocycles. The van der Waals surface area contributed by atoms with Crippen LogP contribution in [0.4, 0.5) is 0 Å². The van der Waals surface area contributed by atoms with Crippen LogP contribution in [0.2, 0.25) is 0 Å². The zero-order valence-corrected chi connectivity index (χ0v) is 39.6. The number of hydrogen-bond donors (Lipinski definition) is 0. The van der Waals surface area contributed by atoms with Crippen LogP contribution in [0.15, 0.2) is 122 Å². The van der Waals surface area contributed by atoms with E-state index in [1.54, 1.807) is 6.08 Å². The van der Waals surface area contributed by atoms with E-state index in [1.807, 2.05) is 18.2 Å². The number of rotatable bonds is 42. The van der Waals surface area contributed by atoms with E-state index in [1.165, 1.54) is 57.8 Å². The minimum absolute atomic E-state index is 0.116. The molecule has 0 aliphatic heterocycles. The first-order valence-electron chi connectivity index (χ1n) is 24.5. The second-order valence-corrected chi connectivity index (χ2v) is 15.6. The van der Waals surface area contributed by atoms with Crippen LogP contribution in [0.25, 0.3) is 0 Å². The standard InChI is InChI=1S/C56H88O6/c1-4-7-10-13-16-19-21-23-25-27-28-29-31-32-34-37-40-43-46-49-55(58)61-52-53(51-60-54(57)48-45-42-39-36-18-15-12-9-6-3)62-56(59)50-47-44-41-38-35-33-30-26-24-22-20-17-14-11-8-5-2/h7,9-10,12,16,18-19,23,25-26,28-30,32,34,36,40,42-43,45,53H,4-6,8,11,13-15,17,20-22,24,27,31,33,35,37-39,41,44,46-52H2,1-3H3/b10-7-,12-9-,19-16-,25-23-,29-28-,30-26-,34-32-,36-18-,43-40-,45-42-. The van der Waals surface area contributed by atoms with Crippen molar-refractivity contribution in [2.75, 3.05) is 13.2 Å². The number of hydrogen-bond acceptors (Lipinski definition) is 6. The maximum atomic E-state index is 12.7. The number of allylic oxidation sites excluding steroid dienone is 19. The van der Waals surface area contributed by atoms with Gasteiger partial charge in [-0.25, -0.2) is 0 Å². The fourth-order valence-electron chi connectivity index (χ4n) is 6.11. The molecule has 0 aliphatic carbocycles. The molecule has 0 aromatic heterocycles. The molecule has 0 saturated carbocycles. The summed E-state index contributed by atoms with van der Waals surface area (Å²) in [6, 6.07) is 0. The average molecular weight is 857 g/mol. The van der Waals surface area contributed by atoms with Crippen molar-refractivity contribution in [1.29, 1.82) is 0 Å². The van der Waals surface area contributed by atoms with Gasteiger partial charge in [0.25, 0.3) is 0 Å². The lowest BCUT2D eigenvalue weighted by Gasteiger charge is -2.18. The second kappa shape index (κ2) is 49.5. The van der Waals surface area contributed by atoms with Crippen LogP contribution in [-0.2, 0) is 28.6 Å². The highest BCUT2D eigenvalue weighted by Crippen LogP contribution is 2.12. The highest BCUT2D eigenvalue weighted by Gasteiger charge is 2.19. The van der Waals surface area contributed by atoms with Crippen molar-refractivity contribution >= 4 is 17.9 Å². The maximum absolute atomic E-state index is 12.7. The zero-order valence-electron chi connectivity index (χ0n) is 39.6. The van der Waals surface area contributed by atoms with E-state index in [2.05, 4.69) is 118 Å². The van der Waals surface area contributed by atoms with Crippen LogP contribution in [0.3, 0.4) is 0 Å². The third-order valence-electron chi connectivity index (χ3n) is 9.73. The van der Waals surface area contributed by atoms with E-state index in [0.717, 1.165) is 89.9 Å². The Morgan fingerprint density at radius 3 is 1.19 bits per heavy atom. The Bertz CT molecular complexity index is 1350. The molecule has 6 nitrogen and oxygen atoms in total. The highest BCUT2D eigenvalue weighted by molar-refractivity contribution is 5.72. The number of unbranched alkanes of at least 4 members (excludes halogenated alkanes) is 12. The van der Waals surface area contributed by atoms with Crippen molar-refractivity contribution in [3.63, 3.8) is 0 Å². The molecule has 0 amide bonds. The second-order valence-electron chi connectivity index (χ2n) is 15.6. The predicted molar refractivity (Wildman–Crippen MR) is 265 cm³/mol. The largest absolute Gasteiger partial charge is 0.462 e. The molecule has 0 fully saturated rings. The quantitative estimate of drug-likeness (QED) is 0.0263. The lowest BCUT2D eigenvalue weighted by atomic mass is 10.1. The van der Waals surface area contributed by atoms with Crippen LogP contribution in [0.1, 0.15) is 194 Å². The Balaban J connectivity index is 4.54. The van der Waals surface area contributed by atoms with Gasteiger partial charge in [-0.1, -0.05) is 200 Å². The summed E-state index contributed by atoms with van der Waals surface area (Å²) in [4.78, 5) is 37.7. The van der Waals surface area contributed by atoms with Crippen molar-refractivity contribution < 1.29 is 28.6 Å². The first-order chi connectivity index (χ1) is 30.5. The Morgan fingerprint density at radius 2 is 0.726 bits per heavy atom. The van der Waals surface area contributed by atoms with Crippen molar-refractivity contribution in [2.45, 2.75) is 200 Å². The zero-order chi connectivity index (χ0) is 45.1. The molecule has 0 rings (SSSR count). The molecule has 62 heavy (non-hydrogen) atoms. The molecule has 0 aliphatic rings. The molecule has 6 heteroatoms. The number of ether oxygens (including phenoxy) is 3. The lowest BCUT2D eigenvalue weighted by molar-refractivity contribution is -0.166. The topological polar surface area (TPSA) is 78.9 Å². The Morgan fingerprint density at radius 1 is 0.355 bits per heavy atom. The summed E-state index contributed by atoms with van der Waals surface area (Å²) in [7, 11) is 0. The summed E-state index contributed by atoms with van der Waals surface area (Å²) in [5.74, 6) is -1.17. The van der Waals surface area contributed by atoms with Gasteiger partial charge in [-0.2, -0.15) is 0 Å². The molecule has 0 spiro atoms. The van der Waals surface area contributed by atoms with E-state index in [4.69, 9.17) is 14.2 Å².